The summed E-state index contributed by atoms with van der Waals surface area (Å²) in [5.41, 5.74) is 23.1. The Morgan fingerprint density at radius 3 is 0.550 bits per heavy atom. The maximum atomic E-state index is 2.63. The highest BCUT2D eigenvalue weighted by atomic mass is 15.2. The van der Waals surface area contributed by atoms with Gasteiger partial charge in [-0.2, -0.15) is 0 Å². The first-order valence-corrected chi connectivity index (χ1v) is 21.1. The Morgan fingerprint density at radius 2 is 0.367 bits per heavy atom. The normalized spacial score (nSPS) is 31.8. The Hall–Kier alpha value is -7.43. The largest absolute Gasteiger partial charge is 0.312 e. The first kappa shape index (κ1) is 33.5. The first-order valence-electron chi connectivity index (χ1n) is 21.1. The third-order valence-corrected chi connectivity index (χ3v) is 13.3. The summed E-state index contributed by atoms with van der Waals surface area (Å²) in [6, 6.07) is 0. The van der Waals surface area contributed by atoms with Gasteiger partial charge < -0.3 is 14.7 Å². The van der Waals surface area contributed by atoms with Gasteiger partial charge in [0.05, 0.1) is 0 Å². The molecule has 6 aliphatic heterocycles. The van der Waals surface area contributed by atoms with Gasteiger partial charge in [0.2, 0.25) is 0 Å². The number of allylic oxidation sites excluding steroid dienone is 42. The molecular formula is C54H36B3N3. The molecule has 6 aliphatic carbocycles. The van der Waals surface area contributed by atoms with Crippen molar-refractivity contribution < 1.29 is 0 Å². The van der Waals surface area contributed by atoms with E-state index in [1.165, 1.54) is 100 Å². The third-order valence-electron chi connectivity index (χ3n) is 13.3. The molecule has 0 unspecified atom stereocenters. The van der Waals surface area contributed by atoms with Gasteiger partial charge >= 0.3 is 0 Å². The summed E-state index contributed by atoms with van der Waals surface area (Å²) in [6.07, 6.45) is 81.0. The van der Waals surface area contributed by atoms with E-state index in [0.717, 1.165) is 0 Å². The molecule has 0 amide bonds. The summed E-state index contributed by atoms with van der Waals surface area (Å²) in [5.74, 6) is 0. The Morgan fingerprint density at radius 1 is 0.200 bits per heavy atom. The second kappa shape index (κ2) is 13.0. The van der Waals surface area contributed by atoms with Crippen LogP contribution in [-0.4, -0.2) is 20.1 Å². The zero-order chi connectivity index (χ0) is 39.3. The van der Waals surface area contributed by atoms with Crippen LogP contribution in [0.1, 0.15) is 0 Å². The molecule has 0 N–H and O–H groups in total. The Kier molecular flexibility index (Phi) is 7.29. The van der Waals surface area contributed by atoms with Crippen molar-refractivity contribution in [3.8, 4) is 0 Å². The van der Waals surface area contributed by atoms with Crippen molar-refractivity contribution in [3.63, 3.8) is 0 Å². The molecule has 0 spiro atoms. The van der Waals surface area contributed by atoms with Crippen LogP contribution in [0.4, 0.5) is 17.1 Å². The van der Waals surface area contributed by atoms with Crippen LogP contribution in [0.3, 0.4) is 0 Å². The fraction of sp³-hybridized carbons (Fsp3) is 0. The number of hydrogen-bond donors (Lipinski definition) is 0. The van der Waals surface area contributed by atoms with Crippen molar-refractivity contribution in [2.75, 3.05) is 14.7 Å². The minimum atomic E-state index is -0.0222. The molecule has 1 aromatic rings. The van der Waals surface area contributed by atoms with Gasteiger partial charge in [0.15, 0.2) is 0 Å². The Balaban J connectivity index is 1.29. The Bertz CT molecular complexity index is 2380. The number of anilines is 3. The third kappa shape index (κ3) is 4.48. The van der Waals surface area contributed by atoms with Gasteiger partial charge in [-0.3, -0.25) is 0 Å². The van der Waals surface area contributed by atoms with Gasteiger partial charge in [-0.05, 0) is 85.7 Å². The van der Waals surface area contributed by atoms with E-state index in [1.807, 2.05) is 0 Å². The van der Waals surface area contributed by atoms with Gasteiger partial charge in [-0.15, -0.1) is 0 Å². The van der Waals surface area contributed by atoms with Crippen LogP contribution in [-0.2, 0) is 0 Å². The molecule has 13 rings (SSSR count). The molecule has 0 aromatic heterocycles. The summed E-state index contributed by atoms with van der Waals surface area (Å²) >= 11 is 0. The van der Waals surface area contributed by atoms with E-state index in [4.69, 9.17) is 0 Å². The first-order chi connectivity index (χ1) is 29.9. The molecule has 0 saturated carbocycles. The predicted molar refractivity (Wildman–Crippen MR) is 257 cm³/mol. The van der Waals surface area contributed by atoms with Gasteiger partial charge in [-0.1, -0.05) is 182 Å². The molecule has 0 saturated heterocycles. The van der Waals surface area contributed by atoms with Crippen LogP contribution < -0.4 is 31.1 Å². The van der Waals surface area contributed by atoms with Crippen molar-refractivity contribution >= 4 is 53.6 Å². The van der Waals surface area contributed by atoms with Crippen molar-refractivity contribution in [2.45, 2.75) is 0 Å². The number of fused-ring (bicyclic) bond motifs is 12. The van der Waals surface area contributed by atoms with Crippen LogP contribution in [0.2, 0.25) is 0 Å². The van der Waals surface area contributed by atoms with E-state index in [-0.39, 0.29) is 20.1 Å². The monoisotopic (exact) mass is 759 g/mol. The highest BCUT2D eigenvalue weighted by molar-refractivity contribution is 6.99. The molecule has 6 heterocycles. The van der Waals surface area contributed by atoms with Crippen molar-refractivity contribution in [2.24, 2.45) is 0 Å². The molecule has 1 aromatic carbocycles. The van der Waals surface area contributed by atoms with Gasteiger partial charge in [0.25, 0.3) is 20.1 Å². The maximum Gasteiger partial charge on any atom is 0.252 e. The number of nitrogens with zero attached hydrogens (tertiary/aromatic N) is 3. The van der Waals surface area contributed by atoms with E-state index in [2.05, 4.69) is 233 Å². The molecule has 6 heteroatoms. The average molecular weight is 759 g/mol. The summed E-state index contributed by atoms with van der Waals surface area (Å²) in [6.45, 7) is -0.0666. The van der Waals surface area contributed by atoms with Crippen LogP contribution in [0, 0.1) is 0 Å². The van der Waals surface area contributed by atoms with E-state index in [9.17, 15) is 0 Å². The van der Waals surface area contributed by atoms with Crippen molar-refractivity contribution in [1.29, 1.82) is 0 Å². The lowest BCUT2D eigenvalue weighted by atomic mass is 9.24. The van der Waals surface area contributed by atoms with Gasteiger partial charge in [0.1, 0.15) is 0 Å². The van der Waals surface area contributed by atoms with E-state index < -0.39 is 0 Å². The fourth-order valence-corrected chi connectivity index (χ4v) is 11.2. The highest BCUT2D eigenvalue weighted by Crippen LogP contribution is 2.54. The second-order valence-corrected chi connectivity index (χ2v) is 16.3. The topological polar surface area (TPSA) is 9.72 Å². The van der Waals surface area contributed by atoms with Crippen LogP contribution in [0.15, 0.2) is 286 Å². The molecule has 276 valence electrons. The lowest BCUT2D eigenvalue weighted by Crippen LogP contribution is -2.66. The molecule has 3 nitrogen and oxygen atoms in total. The molecule has 0 bridgehead atoms. The van der Waals surface area contributed by atoms with E-state index in [1.54, 1.807) is 0 Å². The molecule has 0 atom stereocenters. The minimum absolute atomic E-state index is 0.0222. The molecule has 0 fully saturated rings. The predicted octanol–water partition coefficient (Wildman–Crippen LogP) is 9.15. The summed E-state index contributed by atoms with van der Waals surface area (Å²) in [7, 11) is 0. The smallest absolute Gasteiger partial charge is 0.252 e. The maximum absolute atomic E-state index is 2.63. The minimum Gasteiger partial charge on any atom is -0.312 e. The zero-order valence-corrected chi connectivity index (χ0v) is 32.9. The standard InChI is InChI=1S/C54H36B3N3/c1-7-19-31-43-37(25-13-1)55-38-26-14-2-8-20-32-44(38)59-46-34-22-10-4-16-28-40(46)57-42-30-18-6-12-24-36-48(42)60-47-35-23-11-5-17-29-41(47)56-39-27-15-3-9-21-33-45(39)58(43)52-49(55)53(59)51(57)54(60)50(52)56/h1-36H/b7-1-,8-2-,9-3-,10-4-,11-5-,12-6-,13-1?,14-2?,15-3?,16-4?,17-5?,18-6?,19-7?,20-8?,21-9?,22-10?,23-11?,24-12?,25-13-,26-14-,27-15-,28-16-,29-17-,30-18-,31-19-,32-20-,33-21-,34-22-,35-23-,36-24-,37-25?,38-26?,39-27?,40-28?,41-29?,42-30?,43-31?,44-32?,45-33?,46-34?,47-35?,48-36?. The zero-order valence-electron chi connectivity index (χ0n) is 32.9. The molecule has 60 heavy (non-hydrogen) atoms. The fourth-order valence-electron chi connectivity index (χ4n) is 11.2. The number of hydrogen-bond acceptors (Lipinski definition) is 3. The Labute approximate surface area is 352 Å². The molecule has 0 radical (unpaired) electrons. The molecule has 12 aliphatic rings. The molecular weight excluding hydrogens is 723 g/mol. The summed E-state index contributed by atoms with van der Waals surface area (Å²) < 4.78 is 0. The number of benzene rings is 1. The second-order valence-electron chi connectivity index (χ2n) is 16.3. The lowest BCUT2D eigenvalue weighted by molar-refractivity contribution is 1.06. The quantitative estimate of drug-likeness (QED) is 0.245. The van der Waals surface area contributed by atoms with Crippen molar-refractivity contribution in [1.82, 2.24) is 0 Å². The summed E-state index contributed by atoms with van der Waals surface area (Å²) in [5, 5.41) is 0. The average Bonchev–Trinajstić information content (AvgIpc) is 3.18. The van der Waals surface area contributed by atoms with Crippen LogP contribution in [0.25, 0.3) is 0 Å². The van der Waals surface area contributed by atoms with Crippen LogP contribution >= 0.6 is 0 Å². The van der Waals surface area contributed by atoms with E-state index in [0.29, 0.717) is 0 Å². The van der Waals surface area contributed by atoms with Gasteiger partial charge in [-0.25, -0.2) is 0 Å². The van der Waals surface area contributed by atoms with E-state index >= 15 is 0 Å². The lowest BCUT2D eigenvalue weighted by Gasteiger charge is -2.56. The SMILES string of the molecule is C1=C\C=C/C2=C(\C=C/1)B1C3=C(\C=C/C=C\C=C/3)N3C4=C(\C=C/C=C\C=C/4)B4C5=C(\C=C/C=C\C=C/5)N5C6=C(\C=C/C=C\C=C/6)B6C7=C(\C=C/C=C\C=C/7)N2c2c1c3c4c5c26. The number of rotatable bonds is 0. The van der Waals surface area contributed by atoms with Gasteiger partial charge in [0, 0.05) is 51.2 Å². The summed E-state index contributed by atoms with van der Waals surface area (Å²) in [4.78, 5) is 7.90. The van der Waals surface area contributed by atoms with Crippen molar-refractivity contribution in [3.05, 3.63) is 286 Å². The highest BCUT2D eigenvalue weighted by Gasteiger charge is 2.57. The van der Waals surface area contributed by atoms with Crippen LogP contribution in [0.5, 0.6) is 0 Å².